The molecule has 0 atom stereocenters. The van der Waals surface area contributed by atoms with E-state index in [1.807, 2.05) is 30.5 Å². The largest absolute Gasteiger partial charge is 0.287 e. The Morgan fingerprint density at radius 1 is 1.04 bits per heavy atom. The van der Waals surface area contributed by atoms with Gasteiger partial charge in [0.1, 0.15) is 9.84 Å². The number of thioether (sulfide) groups is 1. The predicted molar refractivity (Wildman–Crippen MR) is 109 cm³/mol. The summed E-state index contributed by atoms with van der Waals surface area (Å²) in [4.78, 5) is 4.59. The molecule has 0 aliphatic carbocycles. The third-order valence-corrected chi connectivity index (χ3v) is 6.46. The fraction of sp³-hybridized carbons (Fsp3) is 0.250. The van der Waals surface area contributed by atoms with E-state index in [-0.39, 0.29) is 5.75 Å². The summed E-state index contributed by atoms with van der Waals surface area (Å²) in [6.07, 6.45) is 3.13. The van der Waals surface area contributed by atoms with Gasteiger partial charge in [0.2, 0.25) is 0 Å². The van der Waals surface area contributed by atoms with Gasteiger partial charge in [-0.15, -0.1) is 0 Å². The Bertz CT molecular complexity index is 1010. The van der Waals surface area contributed by atoms with Crippen LogP contribution in [0.5, 0.6) is 0 Å². The molecular formula is C20H22N2O2S2. The average Bonchev–Trinajstić information content (AvgIpc) is 3.01. The quantitative estimate of drug-likeness (QED) is 0.593. The molecule has 26 heavy (non-hydrogen) atoms. The van der Waals surface area contributed by atoms with E-state index in [0.29, 0.717) is 5.75 Å². The molecule has 0 aliphatic heterocycles. The van der Waals surface area contributed by atoms with Crippen LogP contribution in [-0.4, -0.2) is 35.7 Å². The van der Waals surface area contributed by atoms with E-state index in [9.17, 15) is 8.42 Å². The first kappa shape index (κ1) is 18.7. The van der Waals surface area contributed by atoms with E-state index in [1.54, 1.807) is 0 Å². The van der Waals surface area contributed by atoms with Crippen LogP contribution in [0.25, 0.3) is 16.9 Å². The molecule has 136 valence electrons. The topological polar surface area (TPSA) is 52.0 Å². The van der Waals surface area contributed by atoms with Crippen molar-refractivity contribution in [1.29, 1.82) is 0 Å². The van der Waals surface area contributed by atoms with Gasteiger partial charge in [0, 0.05) is 17.6 Å². The second-order valence-electron chi connectivity index (χ2n) is 6.32. The Morgan fingerprint density at radius 3 is 2.46 bits per heavy atom. The molecule has 2 aromatic carbocycles. The highest BCUT2D eigenvalue weighted by Crippen LogP contribution is 2.31. The summed E-state index contributed by atoms with van der Waals surface area (Å²) in [6.45, 7) is 4.19. The second kappa shape index (κ2) is 7.68. The van der Waals surface area contributed by atoms with Crippen molar-refractivity contribution in [2.45, 2.75) is 19.0 Å². The Hall–Kier alpha value is -2.05. The molecule has 0 saturated carbocycles. The van der Waals surface area contributed by atoms with Gasteiger partial charge in [0.15, 0.2) is 5.16 Å². The average molecular weight is 387 g/mol. The molecular weight excluding hydrogens is 364 g/mol. The van der Waals surface area contributed by atoms with Gasteiger partial charge in [-0.2, -0.15) is 0 Å². The molecule has 1 heterocycles. The minimum Gasteiger partial charge on any atom is -0.287 e. The fourth-order valence-electron chi connectivity index (χ4n) is 2.74. The van der Waals surface area contributed by atoms with Crippen molar-refractivity contribution in [3.05, 3.63) is 65.9 Å². The number of imidazole rings is 1. The number of hydrogen-bond donors (Lipinski definition) is 0. The summed E-state index contributed by atoms with van der Waals surface area (Å²) in [5.74, 6) is 0.618. The minimum absolute atomic E-state index is 0.137. The third-order valence-electron chi connectivity index (χ3n) is 4.30. The Labute approximate surface area is 159 Å². The summed E-state index contributed by atoms with van der Waals surface area (Å²) < 4.78 is 25.1. The van der Waals surface area contributed by atoms with Crippen molar-refractivity contribution in [3.8, 4) is 16.9 Å². The molecule has 0 N–H and O–H groups in total. The van der Waals surface area contributed by atoms with Crippen molar-refractivity contribution in [2.75, 3.05) is 17.8 Å². The highest BCUT2D eigenvalue weighted by atomic mass is 32.2. The van der Waals surface area contributed by atoms with E-state index in [1.165, 1.54) is 29.1 Å². The van der Waals surface area contributed by atoms with E-state index < -0.39 is 9.84 Å². The van der Waals surface area contributed by atoms with E-state index in [4.69, 9.17) is 0 Å². The van der Waals surface area contributed by atoms with Gasteiger partial charge < -0.3 is 0 Å². The fourth-order valence-corrected chi connectivity index (χ4v) is 4.92. The monoisotopic (exact) mass is 386 g/mol. The maximum absolute atomic E-state index is 11.5. The zero-order chi connectivity index (χ0) is 18.7. The van der Waals surface area contributed by atoms with Gasteiger partial charge in [-0.25, -0.2) is 13.4 Å². The highest BCUT2D eigenvalue weighted by Gasteiger charge is 2.16. The second-order valence-corrected chi connectivity index (χ2v) is 9.65. The predicted octanol–water partition coefficient (Wildman–Crippen LogP) is 4.29. The highest BCUT2D eigenvalue weighted by molar-refractivity contribution is 8.00. The summed E-state index contributed by atoms with van der Waals surface area (Å²) in [5, 5.41) is 0.807. The van der Waals surface area contributed by atoms with Gasteiger partial charge in [-0.3, -0.25) is 4.57 Å². The molecule has 0 fully saturated rings. The maximum Gasteiger partial charge on any atom is 0.173 e. The Balaban J connectivity index is 2.08. The first-order valence-electron chi connectivity index (χ1n) is 8.37. The lowest BCUT2D eigenvalue weighted by molar-refractivity contribution is 0.603. The summed E-state index contributed by atoms with van der Waals surface area (Å²) in [6, 6.07) is 16.3. The Morgan fingerprint density at radius 2 is 1.77 bits per heavy atom. The SMILES string of the molecule is Cc1cccc(-n2c(-c3ccccc3)cnc2SCCS(C)(=O)=O)c1C. The van der Waals surface area contributed by atoms with Crippen LogP contribution in [0.1, 0.15) is 11.1 Å². The van der Waals surface area contributed by atoms with Crippen LogP contribution in [0.2, 0.25) is 0 Å². The normalized spacial score (nSPS) is 11.7. The van der Waals surface area contributed by atoms with E-state index >= 15 is 0 Å². The summed E-state index contributed by atoms with van der Waals surface area (Å²) in [5.41, 5.74) is 5.55. The van der Waals surface area contributed by atoms with Crippen LogP contribution in [0.15, 0.2) is 59.9 Å². The zero-order valence-corrected chi connectivity index (χ0v) is 16.8. The van der Waals surface area contributed by atoms with Gasteiger partial charge >= 0.3 is 0 Å². The standard InChI is InChI=1S/C20H22N2O2S2/c1-15-8-7-11-18(16(15)2)22-19(17-9-5-4-6-10-17)14-21-20(22)25-12-13-26(3,23)24/h4-11,14H,12-13H2,1-3H3. The molecule has 4 nitrogen and oxygen atoms in total. The van der Waals surface area contributed by atoms with E-state index in [0.717, 1.165) is 22.1 Å². The lowest BCUT2D eigenvalue weighted by Crippen LogP contribution is -2.07. The van der Waals surface area contributed by atoms with Gasteiger partial charge in [-0.1, -0.05) is 54.2 Å². The van der Waals surface area contributed by atoms with Crippen molar-refractivity contribution >= 4 is 21.6 Å². The zero-order valence-electron chi connectivity index (χ0n) is 15.1. The molecule has 0 aliphatic rings. The number of hydrogen-bond acceptors (Lipinski definition) is 4. The lowest BCUT2D eigenvalue weighted by atomic mass is 10.1. The van der Waals surface area contributed by atoms with Crippen LogP contribution in [0.4, 0.5) is 0 Å². The number of rotatable bonds is 6. The first-order valence-corrected chi connectivity index (χ1v) is 11.4. The lowest BCUT2D eigenvalue weighted by Gasteiger charge is -2.16. The third kappa shape index (κ3) is 4.19. The number of aromatic nitrogens is 2. The van der Waals surface area contributed by atoms with Crippen LogP contribution in [-0.2, 0) is 9.84 Å². The van der Waals surface area contributed by atoms with Crippen LogP contribution < -0.4 is 0 Å². The molecule has 0 bridgehead atoms. The van der Waals surface area contributed by atoms with Gasteiger partial charge in [0.25, 0.3) is 0 Å². The van der Waals surface area contributed by atoms with E-state index in [2.05, 4.69) is 47.7 Å². The molecule has 0 radical (unpaired) electrons. The van der Waals surface area contributed by atoms with Crippen molar-refractivity contribution in [1.82, 2.24) is 9.55 Å². The summed E-state index contributed by atoms with van der Waals surface area (Å²) >= 11 is 1.47. The number of sulfone groups is 1. The molecule has 0 spiro atoms. The van der Waals surface area contributed by atoms with Gasteiger partial charge in [-0.05, 0) is 31.0 Å². The molecule has 3 aromatic rings. The van der Waals surface area contributed by atoms with Crippen LogP contribution >= 0.6 is 11.8 Å². The first-order chi connectivity index (χ1) is 12.4. The maximum atomic E-state index is 11.5. The number of aryl methyl sites for hydroxylation is 1. The number of nitrogens with zero attached hydrogens (tertiary/aromatic N) is 2. The molecule has 0 unspecified atom stereocenters. The molecule has 0 amide bonds. The van der Waals surface area contributed by atoms with Crippen molar-refractivity contribution < 1.29 is 8.42 Å². The van der Waals surface area contributed by atoms with Crippen molar-refractivity contribution in [2.24, 2.45) is 0 Å². The Kier molecular flexibility index (Phi) is 5.53. The summed E-state index contributed by atoms with van der Waals surface area (Å²) in [7, 11) is -2.99. The smallest absolute Gasteiger partial charge is 0.173 e. The molecule has 6 heteroatoms. The molecule has 1 aromatic heterocycles. The van der Waals surface area contributed by atoms with Crippen LogP contribution in [0.3, 0.4) is 0 Å². The van der Waals surface area contributed by atoms with Crippen molar-refractivity contribution in [3.63, 3.8) is 0 Å². The van der Waals surface area contributed by atoms with Crippen LogP contribution in [0, 0.1) is 13.8 Å². The van der Waals surface area contributed by atoms with Gasteiger partial charge in [0.05, 0.1) is 23.3 Å². The molecule has 3 rings (SSSR count). The number of benzene rings is 2. The molecule has 0 saturated heterocycles. The minimum atomic E-state index is -2.99.